The van der Waals surface area contributed by atoms with Gasteiger partial charge in [-0.15, -0.1) is 0 Å². The van der Waals surface area contributed by atoms with E-state index in [-0.39, 0.29) is 10.9 Å². The van der Waals surface area contributed by atoms with Gasteiger partial charge in [0.15, 0.2) is 0 Å². The summed E-state index contributed by atoms with van der Waals surface area (Å²) < 4.78 is 33.0. The molecule has 124 valence electrons. The third-order valence-electron chi connectivity index (χ3n) is 3.79. The molecule has 0 aromatic heterocycles. The first-order chi connectivity index (χ1) is 10.8. The van der Waals surface area contributed by atoms with Gasteiger partial charge in [0, 0.05) is 6.04 Å². The van der Waals surface area contributed by atoms with Crippen molar-refractivity contribution >= 4 is 10.0 Å². The van der Waals surface area contributed by atoms with Gasteiger partial charge in [0.05, 0.1) is 7.11 Å². The maximum absolute atomic E-state index is 12.6. The first kappa shape index (κ1) is 17.5. The third-order valence-corrected chi connectivity index (χ3v) is 5.37. The first-order valence-electron chi connectivity index (χ1n) is 7.60. The molecular formula is C18H23NO3S. The van der Waals surface area contributed by atoms with Gasteiger partial charge in [-0.2, -0.15) is 0 Å². The van der Waals surface area contributed by atoms with Crippen molar-refractivity contribution in [3.05, 3.63) is 59.7 Å². The Labute approximate surface area is 138 Å². The van der Waals surface area contributed by atoms with E-state index in [9.17, 15) is 8.42 Å². The highest BCUT2D eigenvalue weighted by atomic mass is 32.2. The van der Waals surface area contributed by atoms with Gasteiger partial charge in [-0.25, -0.2) is 13.1 Å². The molecule has 0 spiro atoms. The van der Waals surface area contributed by atoms with E-state index in [1.807, 2.05) is 31.2 Å². The van der Waals surface area contributed by atoms with Crippen LogP contribution in [0.3, 0.4) is 0 Å². The van der Waals surface area contributed by atoms with Crippen LogP contribution in [-0.4, -0.2) is 15.5 Å². The van der Waals surface area contributed by atoms with Crippen LogP contribution in [0.4, 0.5) is 0 Å². The van der Waals surface area contributed by atoms with Crippen molar-refractivity contribution in [3.8, 4) is 5.75 Å². The lowest BCUT2D eigenvalue weighted by Gasteiger charge is -2.17. The number of benzene rings is 2. The summed E-state index contributed by atoms with van der Waals surface area (Å²) in [7, 11) is -2.19. The molecule has 1 N–H and O–H groups in total. The molecule has 0 saturated heterocycles. The van der Waals surface area contributed by atoms with E-state index in [0.29, 0.717) is 11.7 Å². The van der Waals surface area contributed by atoms with Crippen LogP contribution in [0.2, 0.25) is 0 Å². The molecule has 2 aromatic rings. The molecule has 0 unspecified atom stereocenters. The van der Waals surface area contributed by atoms with E-state index < -0.39 is 10.0 Å². The molecular weight excluding hydrogens is 310 g/mol. The first-order valence-corrected chi connectivity index (χ1v) is 9.08. The largest absolute Gasteiger partial charge is 0.495 e. The van der Waals surface area contributed by atoms with Crippen molar-refractivity contribution in [3.63, 3.8) is 0 Å². The quantitative estimate of drug-likeness (QED) is 0.873. The molecule has 0 amide bonds. The van der Waals surface area contributed by atoms with Gasteiger partial charge in [-0.3, -0.25) is 0 Å². The topological polar surface area (TPSA) is 55.4 Å². The van der Waals surface area contributed by atoms with Crippen LogP contribution in [0.15, 0.2) is 53.4 Å². The maximum atomic E-state index is 12.6. The zero-order valence-corrected chi connectivity index (χ0v) is 14.7. The van der Waals surface area contributed by atoms with Crippen molar-refractivity contribution in [1.82, 2.24) is 4.72 Å². The van der Waals surface area contributed by atoms with E-state index in [0.717, 1.165) is 5.56 Å². The Morgan fingerprint density at radius 2 is 1.48 bits per heavy atom. The predicted octanol–water partition coefficient (Wildman–Crippen LogP) is 3.86. The molecule has 5 heteroatoms. The number of sulfonamides is 1. The predicted molar refractivity (Wildman–Crippen MR) is 92.3 cm³/mol. The average molecular weight is 333 g/mol. The van der Waals surface area contributed by atoms with Gasteiger partial charge in [0.25, 0.3) is 0 Å². The molecule has 2 aromatic carbocycles. The molecule has 2 rings (SSSR count). The van der Waals surface area contributed by atoms with Crippen molar-refractivity contribution in [1.29, 1.82) is 0 Å². The minimum absolute atomic E-state index is 0.146. The zero-order chi connectivity index (χ0) is 17.0. The monoisotopic (exact) mass is 333 g/mol. The number of para-hydroxylation sites is 1. The summed E-state index contributed by atoms with van der Waals surface area (Å²) >= 11 is 0. The molecule has 0 bridgehead atoms. The number of methoxy groups -OCH3 is 1. The van der Waals surface area contributed by atoms with Gasteiger partial charge in [-0.1, -0.05) is 50.2 Å². The summed E-state index contributed by atoms with van der Waals surface area (Å²) in [5.74, 6) is 0.784. The molecule has 4 nitrogen and oxygen atoms in total. The fourth-order valence-electron chi connectivity index (χ4n) is 2.37. The van der Waals surface area contributed by atoms with Gasteiger partial charge in [-0.05, 0) is 36.1 Å². The highest BCUT2D eigenvalue weighted by Crippen LogP contribution is 2.25. The lowest BCUT2D eigenvalue weighted by Crippen LogP contribution is -2.27. The standard InChI is InChI=1S/C18H23NO3S/c1-13(2)15-9-11-16(12-10-15)14(3)19-23(20,21)18-8-6-5-7-17(18)22-4/h5-14,19H,1-4H3/t14-/m0/s1. The van der Waals surface area contributed by atoms with E-state index in [4.69, 9.17) is 4.74 Å². The Bertz CT molecular complexity index is 752. The van der Waals surface area contributed by atoms with Gasteiger partial charge in [0.1, 0.15) is 10.6 Å². The Balaban J connectivity index is 2.22. The summed E-state index contributed by atoms with van der Waals surface area (Å²) in [5, 5.41) is 0. The number of ether oxygens (including phenoxy) is 1. The highest BCUT2D eigenvalue weighted by molar-refractivity contribution is 7.89. The van der Waals surface area contributed by atoms with Crippen molar-refractivity contribution in [2.45, 2.75) is 37.6 Å². The molecule has 1 atom stereocenters. The van der Waals surface area contributed by atoms with E-state index in [1.165, 1.54) is 18.7 Å². The molecule has 0 heterocycles. The summed E-state index contributed by atoms with van der Waals surface area (Å²) in [5.41, 5.74) is 2.15. The van der Waals surface area contributed by atoms with Crippen molar-refractivity contribution in [2.75, 3.05) is 7.11 Å². The number of nitrogens with one attached hydrogen (secondary N) is 1. The normalized spacial score (nSPS) is 13.1. The summed E-state index contributed by atoms with van der Waals surface area (Å²) in [6, 6.07) is 14.3. The van der Waals surface area contributed by atoms with Crippen LogP contribution in [0, 0.1) is 0 Å². The average Bonchev–Trinajstić information content (AvgIpc) is 2.54. The molecule has 0 aliphatic carbocycles. The second-order valence-corrected chi connectivity index (χ2v) is 7.50. The number of rotatable bonds is 6. The number of hydrogen-bond donors (Lipinski definition) is 1. The van der Waals surface area contributed by atoms with E-state index in [2.05, 4.69) is 18.6 Å². The molecule has 23 heavy (non-hydrogen) atoms. The smallest absolute Gasteiger partial charge is 0.244 e. The van der Waals surface area contributed by atoms with Crippen molar-refractivity contribution < 1.29 is 13.2 Å². The summed E-state index contributed by atoms with van der Waals surface area (Å²) in [6.07, 6.45) is 0. The molecule has 0 fully saturated rings. The Morgan fingerprint density at radius 3 is 2.04 bits per heavy atom. The Hall–Kier alpha value is -1.85. The molecule has 0 saturated carbocycles. The summed E-state index contributed by atoms with van der Waals surface area (Å²) in [6.45, 7) is 6.09. The van der Waals surface area contributed by atoms with Crippen LogP contribution < -0.4 is 9.46 Å². The maximum Gasteiger partial charge on any atom is 0.244 e. The zero-order valence-electron chi connectivity index (χ0n) is 13.9. The third kappa shape index (κ3) is 4.12. The minimum atomic E-state index is -3.65. The van der Waals surface area contributed by atoms with E-state index in [1.54, 1.807) is 18.2 Å². The fraction of sp³-hybridized carbons (Fsp3) is 0.333. The van der Waals surface area contributed by atoms with Crippen LogP contribution in [0.5, 0.6) is 5.75 Å². The Kier molecular flexibility index (Phi) is 5.44. The van der Waals surface area contributed by atoms with Crippen LogP contribution >= 0.6 is 0 Å². The Morgan fingerprint density at radius 1 is 0.913 bits per heavy atom. The second kappa shape index (κ2) is 7.15. The lowest BCUT2D eigenvalue weighted by molar-refractivity contribution is 0.402. The number of hydrogen-bond acceptors (Lipinski definition) is 3. The van der Waals surface area contributed by atoms with Crippen LogP contribution in [0.1, 0.15) is 43.9 Å². The minimum Gasteiger partial charge on any atom is -0.495 e. The van der Waals surface area contributed by atoms with E-state index >= 15 is 0 Å². The summed E-state index contributed by atoms with van der Waals surface area (Å²) in [4.78, 5) is 0.146. The van der Waals surface area contributed by atoms with Gasteiger partial charge >= 0.3 is 0 Å². The fourth-order valence-corrected chi connectivity index (χ4v) is 3.78. The van der Waals surface area contributed by atoms with Crippen LogP contribution in [-0.2, 0) is 10.0 Å². The lowest BCUT2D eigenvalue weighted by atomic mass is 10.00. The van der Waals surface area contributed by atoms with Crippen LogP contribution in [0.25, 0.3) is 0 Å². The molecule has 0 aliphatic rings. The molecule has 0 radical (unpaired) electrons. The second-order valence-electron chi connectivity index (χ2n) is 5.82. The molecule has 0 aliphatic heterocycles. The van der Waals surface area contributed by atoms with Gasteiger partial charge in [0.2, 0.25) is 10.0 Å². The van der Waals surface area contributed by atoms with Crippen molar-refractivity contribution in [2.24, 2.45) is 0 Å². The highest BCUT2D eigenvalue weighted by Gasteiger charge is 2.22. The van der Waals surface area contributed by atoms with Gasteiger partial charge < -0.3 is 4.74 Å². The SMILES string of the molecule is COc1ccccc1S(=O)(=O)N[C@@H](C)c1ccc(C(C)C)cc1.